The van der Waals surface area contributed by atoms with Crippen molar-refractivity contribution in [2.75, 3.05) is 26.2 Å². The van der Waals surface area contributed by atoms with Crippen LogP contribution in [0.3, 0.4) is 0 Å². The van der Waals surface area contributed by atoms with Gasteiger partial charge in [0.25, 0.3) is 5.91 Å². The predicted molar refractivity (Wildman–Crippen MR) is 247 cm³/mol. The Morgan fingerprint density at radius 2 is 1.29 bits per heavy atom. The average Bonchev–Trinajstić information content (AvgIpc) is 3.91. The van der Waals surface area contributed by atoms with Crippen molar-refractivity contribution in [1.82, 2.24) is 36.4 Å². The van der Waals surface area contributed by atoms with Crippen LogP contribution in [0.25, 0.3) is 0 Å². The lowest BCUT2D eigenvalue weighted by Crippen LogP contribution is -2.61. The fourth-order valence-electron chi connectivity index (χ4n) is 8.69. The maximum atomic E-state index is 14.3. The third-order valence-corrected chi connectivity index (χ3v) is 12.6. The molecule has 10 N–H and O–H groups in total. The first kappa shape index (κ1) is 53.1. The quantitative estimate of drug-likeness (QED) is 0.105. The molecule has 0 bridgehead atoms. The lowest BCUT2D eigenvalue weighted by Gasteiger charge is -2.32. The van der Waals surface area contributed by atoms with E-state index in [1.807, 2.05) is 0 Å². The van der Waals surface area contributed by atoms with Crippen molar-refractivity contribution in [3.05, 3.63) is 59.7 Å². The molecule has 0 unspecified atom stereocenters. The maximum Gasteiger partial charge on any atom is 0.251 e. The number of aromatic hydroxyl groups is 1. The molecule has 374 valence electrons. The molecule has 3 aliphatic heterocycles. The van der Waals surface area contributed by atoms with Crippen LogP contribution < -0.4 is 31.3 Å². The number of phenolic OH excluding ortho intramolecular Hbond substituents is 1. The third-order valence-electron chi connectivity index (χ3n) is 12.6. The number of ether oxygens (including phenoxy) is 1. The van der Waals surface area contributed by atoms with Crippen LogP contribution in [0, 0.1) is 0 Å². The minimum Gasteiger partial charge on any atom is -0.508 e. The van der Waals surface area contributed by atoms with E-state index >= 15 is 0 Å². The Balaban J connectivity index is 1.41. The summed E-state index contributed by atoms with van der Waals surface area (Å²) in [5, 5.41) is 66.1. The summed E-state index contributed by atoms with van der Waals surface area (Å²) in [6.45, 7) is 4.43. The number of nitrogens with one attached hydrogen (secondary N) is 5. The van der Waals surface area contributed by atoms with Crippen molar-refractivity contribution in [3.63, 3.8) is 0 Å². The van der Waals surface area contributed by atoms with E-state index in [0.717, 1.165) is 35.5 Å². The van der Waals surface area contributed by atoms with Crippen molar-refractivity contribution >= 4 is 41.4 Å². The minimum absolute atomic E-state index is 0.00246. The topological polar surface area (TPSA) is 296 Å². The van der Waals surface area contributed by atoms with Crippen LogP contribution in [0.15, 0.2) is 48.5 Å². The molecular formula is C48H69N7O13. The highest BCUT2D eigenvalue weighted by Gasteiger charge is 2.46. The maximum absolute atomic E-state index is 14.3. The molecule has 20 nitrogen and oxygen atoms in total. The predicted octanol–water partition coefficient (Wildman–Crippen LogP) is -0.0877. The Labute approximate surface area is 396 Å². The summed E-state index contributed by atoms with van der Waals surface area (Å²) in [6, 6.07) is 3.75. The monoisotopic (exact) mass is 951 g/mol. The van der Waals surface area contributed by atoms with Crippen molar-refractivity contribution in [2.45, 2.75) is 158 Å². The number of aryl methyl sites for hydroxylation is 1. The van der Waals surface area contributed by atoms with Gasteiger partial charge in [0.15, 0.2) is 0 Å². The number of benzene rings is 2. The number of fused-ring (bicyclic) bond motifs is 2. The molecule has 3 heterocycles. The summed E-state index contributed by atoms with van der Waals surface area (Å²) < 4.78 is 5.85. The van der Waals surface area contributed by atoms with E-state index in [0.29, 0.717) is 17.9 Å². The largest absolute Gasteiger partial charge is 0.508 e. The van der Waals surface area contributed by atoms with Gasteiger partial charge in [-0.1, -0.05) is 51.2 Å². The van der Waals surface area contributed by atoms with Gasteiger partial charge in [-0.2, -0.15) is 0 Å². The normalized spacial score (nSPS) is 26.6. The van der Waals surface area contributed by atoms with Crippen molar-refractivity contribution < 1.29 is 63.8 Å². The highest BCUT2D eigenvalue weighted by molar-refractivity contribution is 6.00. The van der Waals surface area contributed by atoms with Gasteiger partial charge in [0.2, 0.25) is 35.4 Å². The Bertz CT molecular complexity index is 2040. The van der Waals surface area contributed by atoms with Crippen LogP contribution >= 0.6 is 0 Å². The molecule has 10 atom stereocenters. The molecule has 3 fully saturated rings. The highest BCUT2D eigenvalue weighted by Crippen LogP contribution is 2.23. The van der Waals surface area contributed by atoms with Crippen molar-refractivity contribution in [3.8, 4) is 11.5 Å². The number of nitrogens with zero attached hydrogens (tertiary/aromatic N) is 2. The van der Waals surface area contributed by atoms with E-state index < -0.39 is 102 Å². The fourth-order valence-corrected chi connectivity index (χ4v) is 8.69. The fraction of sp³-hybridized carbons (Fsp3) is 0.604. The van der Waals surface area contributed by atoms with Gasteiger partial charge in [0, 0.05) is 38.0 Å². The van der Waals surface area contributed by atoms with Crippen LogP contribution in [0.5, 0.6) is 11.5 Å². The van der Waals surface area contributed by atoms with Gasteiger partial charge in [0.1, 0.15) is 47.8 Å². The molecule has 0 radical (unpaired) electrons. The van der Waals surface area contributed by atoms with Gasteiger partial charge in [-0.15, -0.1) is 0 Å². The van der Waals surface area contributed by atoms with E-state index in [4.69, 9.17) is 4.74 Å². The van der Waals surface area contributed by atoms with Gasteiger partial charge >= 0.3 is 0 Å². The molecule has 0 aliphatic carbocycles. The molecule has 0 saturated carbocycles. The van der Waals surface area contributed by atoms with Gasteiger partial charge in [0.05, 0.1) is 31.0 Å². The van der Waals surface area contributed by atoms with E-state index in [9.17, 15) is 59.1 Å². The molecule has 2 aromatic carbocycles. The minimum atomic E-state index is -1.68. The summed E-state index contributed by atoms with van der Waals surface area (Å²) in [5.41, 5.74) is 0.854. The Morgan fingerprint density at radius 3 is 1.88 bits per heavy atom. The van der Waals surface area contributed by atoms with Crippen molar-refractivity contribution in [1.29, 1.82) is 0 Å². The van der Waals surface area contributed by atoms with Gasteiger partial charge in [-0.05, 0) is 87.9 Å². The summed E-state index contributed by atoms with van der Waals surface area (Å²) in [4.78, 5) is 100. The van der Waals surface area contributed by atoms with Gasteiger partial charge in [-0.3, -0.25) is 33.6 Å². The summed E-state index contributed by atoms with van der Waals surface area (Å²) in [6.07, 6.45) is 0.808. The number of aliphatic hydroxyl groups is 4. The zero-order chi connectivity index (χ0) is 49.5. The first-order valence-corrected chi connectivity index (χ1v) is 23.8. The van der Waals surface area contributed by atoms with Gasteiger partial charge in [-0.25, -0.2) is 0 Å². The van der Waals surface area contributed by atoms with Crippen LogP contribution in [0.4, 0.5) is 0 Å². The molecule has 5 rings (SSSR count). The zero-order valence-electron chi connectivity index (χ0n) is 39.1. The lowest BCUT2D eigenvalue weighted by atomic mass is 10.0. The Hall–Kier alpha value is -5.83. The van der Waals surface area contributed by atoms with Crippen molar-refractivity contribution in [2.24, 2.45) is 0 Å². The molecule has 3 saturated heterocycles. The van der Waals surface area contributed by atoms with Crippen LogP contribution in [0.1, 0.15) is 107 Å². The lowest BCUT2D eigenvalue weighted by molar-refractivity contribution is -0.145. The number of amides is 7. The van der Waals surface area contributed by atoms with Gasteiger partial charge < -0.3 is 66.7 Å². The summed E-state index contributed by atoms with van der Waals surface area (Å²) in [7, 11) is 0. The number of unbranched alkanes of at least 4 members (excludes halogenated alkanes) is 5. The van der Waals surface area contributed by atoms with Crippen LogP contribution in [0.2, 0.25) is 0 Å². The highest BCUT2D eigenvalue weighted by atomic mass is 16.5. The molecular weight excluding hydrogens is 883 g/mol. The second kappa shape index (κ2) is 25.5. The Morgan fingerprint density at radius 1 is 0.735 bits per heavy atom. The summed E-state index contributed by atoms with van der Waals surface area (Å²) >= 11 is 0. The molecule has 3 aliphatic rings. The van der Waals surface area contributed by atoms with E-state index in [1.54, 1.807) is 24.3 Å². The Kier molecular flexibility index (Phi) is 19.9. The first-order valence-electron chi connectivity index (χ1n) is 23.8. The number of hydrogen-bond donors (Lipinski definition) is 10. The third kappa shape index (κ3) is 14.8. The number of carbonyl (C=O) groups excluding carboxylic acids is 7. The molecule has 68 heavy (non-hydrogen) atoms. The second-order valence-corrected chi connectivity index (χ2v) is 18.1. The standard InChI is InChI=1S/C48H69N7O13/c1-4-5-6-7-8-9-23-68-35-19-15-31(16-20-35)42(61)50-36-11-10-22-49-45(64)38-24-33(59)26-54(38)47(66)40(28(2)56)53-44(63)37(21-14-30-12-17-32(58)18-13-30)51-46(65)39-25-34(60)27-55(39)48(67)41(29(3)57)52-43(36)62/h12-13,15-20,28-29,33-34,36-41,56-60H,4-11,14,21-27H2,1-3H3,(H,49,64)(H,50,61)(H,51,65)(H,52,62)(H,53,63)/t28-,29-,33-,34-,36+,37+,38+,39+,40+,41+/m1/s1. The SMILES string of the molecule is CCCCCCCCOc1ccc(C(=O)N[C@H]2CCCNC(=O)[C@@H]3C[C@@H](O)CN3C(=O)[C@H]([C@@H](C)O)NC(=O)[C@H](CCc3ccc(O)cc3)NC(=O)[C@@H]3C[C@@H](O)CN3C(=O)[C@H]([C@@H](C)O)NC2=O)cc1. The van der Waals surface area contributed by atoms with Crippen LogP contribution in [-0.2, 0) is 35.2 Å². The molecule has 0 aromatic heterocycles. The average molecular weight is 952 g/mol. The molecule has 7 amide bonds. The zero-order valence-corrected chi connectivity index (χ0v) is 39.1. The molecule has 2 aromatic rings. The molecule has 20 heteroatoms. The van der Waals surface area contributed by atoms with E-state index in [2.05, 4.69) is 33.5 Å². The smallest absolute Gasteiger partial charge is 0.251 e. The first-order chi connectivity index (χ1) is 32.5. The van der Waals surface area contributed by atoms with E-state index in [1.165, 1.54) is 51.0 Å². The molecule has 0 spiro atoms. The number of hydrogen-bond acceptors (Lipinski definition) is 13. The number of carbonyl (C=O) groups is 7. The number of phenols is 1. The number of rotatable bonds is 15. The number of aliphatic hydroxyl groups excluding tert-OH is 4. The van der Waals surface area contributed by atoms with E-state index in [-0.39, 0.29) is 69.5 Å². The summed E-state index contributed by atoms with van der Waals surface area (Å²) in [5.74, 6) is -5.23. The van der Waals surface area contributed by atoms with Crippen LogP contribution in [-0.4, -0.2) is 164 Å². The second-order valence-electron chi connectivity index (χ2n) is 18.1.